The molecule has 0 spiro atoms. The summed E-state index contributed by atoms with van der Waals surface area (Å²) in [6, 6.07) is 0. The molecule has 0 aromatic carbocycles. The molecule has 0 aliphatic carbocycles. The molecule has 1 rings (SSSR count). The molecule has 1 heterocycles. The third-order valence-corrected chi connectivity index (χ3v) is 1.70. The summed E-state index contributed by atoms with van der Waals surface area (Å²) in [6.07, 6.45) is 0.523. The van der Waals surface area contributed by atoms with E-state index in [0.29, 0.717) is 12.1 Å². The maximum absolute atomic E-state index is 10.8. The average Bonchev–Trinajstić information content (AvgIpc) is 2.27. The lowest BCUT2D eigenvalue weighted by molar-refractivity contribution is 0.0696. The summed E-state index contributed by atoms with van der Waals surface area (Å²) in [5.74, 6) is -1.22. The van der Waals surface area contributed by atoms with Crippen molar-refractivity contribution >= 4 is 11.9 Å². The first kappa shape index (κ1) is 10.6. The van der Waals surface area contributed by atoms with E-state index in [2.05, 4.69) is 9.68 Å². The molecule has 1 aromatic heterocycles. The Kier molecular flexibility index (Phi) is 2.51. The molecule has 1 aromatic rings. The maximum Gasteiger partial charge on any atom is 0.343 e. The molecule has 78 valence electrons. The first-order chi connectivity index (χ1) is 6.31. The molecule has 5 heteroatoms. The predicted octanol–water partition coefficient (Wildman–Crippen LogP) is 1.54. The Balaban J connectivity index is 3.04. The number of anilines is 1. The number of aromatic nitrogens is 1. The lowest BCUT2D eigenvalue weighted by Gasteiger charge is -2.15. The molecule has 0 saturated heterocycles. The van der Waals surface area contributed by atoms with Crippen LogP contribution in [0.4, 0.5) is 5.88 Å². The fourth-order valence-electron chi connectivity index (χ4n) is 1.19. The van der Waals surface area contributed by atoms with E-state index >= 15 is 0 Å². The van der Waals surface area contributed by atoms with Crippen LogP contribution in [0.3, 0.4) is 0 Å². The highest BCUT2D eigenvalue weighted by Gasteiger charge is 2.24. The molecule has 0 aliphatic heterocycles. The molecule has 5 nitrogen and oxygen atoms in total. The van der Waals surface area contributed by atoms with Gasteiger partial charge in [0.1, 0.15) is 11.3 Å². The highest BCUT2D eigenvalue weighted by molar-refractivity contribution is 5.93. The molecule has 0 saturated carbocycles. The van der Waals surface area contributed by atoms with Gasteiger partial charge in [-0.3, -0.25) is 0 Å². The standard InChI is InChI=1S/C9H14N2O3/c1-9(2,3)4-5-6(8(12)13)7(10)14-11-5/h4,10H2,1-3H3,(H,12,13). The van der Waals surface area contributed by atoms with Crippen LogP contribution in [-0.4, -0.2) is 16.2 Å². The Hall–Kier alpha value is -1.52. The minimum Gasteiger partial charge on any atom is -0.477 e. The number of hydrogen-bond donors (Lipinski definition) is 2. The highest BCUT2D eigenvalue weighted by Crippen LogP contribution is 2.25. The van der Waals surface area contributed by atoms with Gasteiger partial charge in [0.15, 0.2) is 0 Å². The molecule has 0 bridgehead atoms. The van der Waals surface area contributed by atoms with E-state index in [0.717, 1.165) is 0 Å². The van der Waals surface area contributed by atoms with Crippen molar-refractivity contribution in [2.45, 2.75) is 27.2 Å². The quantitative estimate of drug-likeness (QED) is 0.752. The Morgan fingerprint density at radius 2 is 2.14 bits per heavy atom. The number of hydrogen-bond acceptors (Lipinski definition) is 4. The largest absolute Gasteiger partial charge is 0.477 e. The van der Waals surface area contributed by atoms with Crippen LogP contribution < -0.4 is 5.73 Å². The van der Waals surface area contributed by atoms with Gasteiger partial charge in [0.05, 0.1) is 0 Å². The van der Waals surface area contributed by atoms with Gasteiger partial charge in [-0.25, -0.2) is 4.79 Å². The summed E-state index contributed by atoms with van der Waals surface area (Å²) in [6.45, 7) is 5.97. The van der Waals surface area contributed by atoms with Gasteiger partial charge in [0.2, 0.25) is 5.88 Å². The Morgan fingerprint density at radius 3 is 2.57 bits per heavy atom. The van der Waals surface area contributed by atoms with E-state index in [1.807, 2.05) is 20.8 Å². The van der Waals surface area contributed by atoms with Crippen molar-refractivity contribution in [1.29, 1.82) is 0 Å². The van der Waals surface area contributed by atoms with Gasteiger partial charge in [0, 0.05) is 0 Å². The van der Waals surface area contributed by atoms with Gasteiger partial charge in [-0.05, 0) is 11.8 Å². The second kappa shape index (κ2) is 3.32. The third kappa shape index (κ3) is 2.25. The van der Waals surface area contributed by atoms with Gasteiger partial charge in [-0.15, -0.1) is 0 Å². The van der Waals surface area contributed by atoms with Crippen LogP contribution >= 0.6 is 0 Å². The maximum atomic E-state index is 10.8. The fraction of sp³-hybridized carbons (Fsp3) is 0.556. The van der Waals surface area contributed by atoms with Crippen LogP contribution in [-0.2, 0) is 6.42 Å². The van der Waals surface area contributed by atoms with Crippen molar-refractivity contribution in [3.8, 4) is 0 Å². The van der Waals surface area contributed by atoms with Crippen LogP contribution in [0, 0.1) is 5.41 Å². The Labute approximate surface area is 81.9 Å². The zero-order valence-corrected chi connectivity index (χ0v) is 8.50. The summed E-state index contributed by atoms with van der Waals surface area (Å²) in [4.78, 5) is 10.8. The van der Waals surface area contributed by atoms with E-state index in [9.17, 15) is 4.79 Å². The van der Waals surface area contributed by atoms with Gasteiger partial charge >= 0.3 is 5.97 Å². The molecular formula is C9H14N2O3. The van der Waals surface area contributed by atoms with E-state index in [-0.39, 0.29) is 16.9 Å². The first-order valence-corrected chi connectivity index (χ1v) is 4.28. The number of carbonyl (C=O) groups is 1. The van der Waals surface area contributed by atoms with Crippen molar-refractivity contribution < 1.29 is 14.4 Å². The van der Waals surface area contributed by atoms with Crippen molar-refractivity contribution in [2.24, 2.45) is 5.41 Å². The number of nitrogen functional groups attached to an aromatic ring is 1. The Bertz CT molecular complexity index is 349. The molecule has 14 heavy (non-hydrogen) atoms. The molecule has 0 radical (unpaired) electrons. The highest BCUT2D eigenvalue weighted by atomic mass is 16.5. The van der Waals surface area contributed by atoms with Crippen LogP contribution in [0.25, 0.3) is 0 Å². The van der Waals surface area contributed by atoms with Crippen molar-refractivity contribution in [2.75, 3.05) is 5.73 Å². The SMILES string of the molecule is CC(C)(C)Cc1noc(N)c1C(=O)O. The molecule has 0 unspecified atom stereocenters. The number of rotatable bonds is 2. The van der Waals surface area contributed by atoms with E-state index in [1.165, 1.54) is 0 Å². The number of carboxylic acid groups (broad SMARTS) is 1. The lowest BCUT2D eigenvalue weighted by Crippen LogP contribution is -2.13. The second-order valence-electron chi connectivity index (χ2n) is 4.41. The summed E-state index contributed by atoms with van der Waals surface area (Å²) in [7, 11) is 0. The van der Waals surface area contributed by atoms with Gasteiger partial charge in [0.25, 0.3) is 0 Å². The van der Waals surface area contributed by atoms with Crippen LogP contribution in [0.2, 0.25) is 0 Å². The zero-order chi connectivity index (χ0) is 10.9. The topological polar surface area (TPSA) is 89.4 Å². The number of nitrogens with two attached hydrogens (primary N) is 1. The van der Waals surface area contributed by atoms with Gasteiger partial charge in [-0.1, -0.05) is 25.9 Å². The van der Waals surface area contributed by atoms with Crippen LogP contribution in [0.1, 0.15) is 36.8 Å². The molecular weight excluding hydrogens is 184 g/mol. The summed E-state index contributed by atoms with van der Waals surface area (Å²) >= 11 is 0. The number of aromatic carboxylic acids is 1. The van der Waals surface area contributed by atoms with Crippen LogP contribution in [0.5, 0.6) is 0 Å². The second-order valence-corrected chi connectivity index (χ2v) is 4.41. The molecule has 0 aliphatic rings. The van der Waals surface area contributed by atoms with Gasteiger partial charge in [-0.2, -0.15) is 0 Å². The molecule has 3 N–H and O–H groups in total. The van der Waals surface area contributed by atoms with E-state index in [4.69, 9.17) is 10.8 Å². The minimum atomic E-state index is -1.09. The van der Waals surface area contributed by atoms with Crippen molar-refractivity contribution in [3.05, 3.63) is 11.3 Å². The summed E-state index contributed by atoms with van der Waals surface area (Å²) in [5.41, 5.74) is 5.69. The first-order valence-electron chi connectivity index (χ1n) is 4.28. The third-order valence-electron chi connectivity index (χ3n) is 1.70. The molecule has 0 fully saturated rings. The van der Waals surface area contributed by atoms with Gasteiger partial charge < -0.3 is 15.4 Å². The monoisotopic (exact) mass is 198 g/mol. The summed E-state index contributed by atoms with van der Waals surface area (Å²) in [5, 5.41) is 12.5. The average molecular weight is 198 g/mol. The van der Waals surface area contributed by atoms with Crippen molar-refractivity contribution in [3.63, 3.8) is 0 Å². The minimum absolute atomic E-state index is 0.0140. The summed E-state index contributed by atoms with van der Waals surface area (Å²) < 4.78 is 4.65. The van der Waals surface area contributed by atoms with E-state index in [1.54, 1.807) is 0 Å². The number of carboxylic acids is 1. The normalized spacial score (nSPS) is 11.6. The van der Waals surface area contributed by atoms with E-state index < -0.39 is 5.97 Å². The predicted molar refractivity (Wildman–Crippen MR) is 51.0 cm³/mol. The number of nitrogens with zero attached hydrogens (tertiary/aromatic N) is 1. The molecule has 0 atom stereocenters. The smallest absolute Gasteiger partial charge is 0.343 e. The zero-order valence-electron chi connectivity index (χ0n) is 8.50. The fourth-order valence-corrected chi connectivity index (χ4v) is 1.19. The van der Waals surface area contributed by atoms with Crippen molar-refractivity contribution in [1.82, 2.24) is 5.16 Å². The van der Waals surface area contributed by atoms with Crippen LogP contribution in [0.15, 0.2) is 4.52 Å². The lowest BCUT2D eigenvalue weighted by atomic mass is 9.89. The Morgan fingerprint density at radius 1 is 1.57 bits per heavy atom. The molecule has 0 amide bonds.